The molecule has 0 radical (unpaired) electrons. The van der Waals surface area contributed by atoms with Crippen molar-refractivity contribution < 1.29 is 19.1 Å². The summed E-state index contributed by atoms with van der Waals surface area (Å²) in [5.41, 5.74) is 19.4. The van der Waals surface area contributed by atoms with Crippen LogP contribution in [0.5, 0.6) is 5.75 Å². The van der Waals surface area contributed by atoms with E-state index in [2.05, 4.69) is 32.9 Å². The quantitative estimate of drug-likeness (QED) is 0.165. The third-order valence-electron chi connectivity index (χ3n) is 5.25. The number of amides is 2. The van der Waals surface area contributed by atoms with E-state index in [1.165, 1.54) is 7.05 Å². The number of nitrogens with zero attached hydrogens (tertiary/aromatic N) is 3. The Morgan fingerprint density at radius 3 is 2.58 bits per heavy atom. The van der Waals surface area contributed by atoms with E-state index < -0.39 is 0 Å². The highest BCUT2D eigenvalue weighted by Gasteiger charge is 2.18. The number of benzene rings is 1. The Hall–Kier alpha value is -3.90. The van der Waals surface area contributed by atoms with Gasteiger partial charge in [0.2, 0.25) is 5.95 Å². The van der Waals surface area contributed by atoms with Gasteiger partial charge in [-0.2, -0.15) is 0 Å². The van der Waals surface area contributed by atoms with Gasteiger partial charge in [0.05, 0.1) is 31.6 Å². The summed E-state index contributed by atoms with van der Waals surface area (Å²) in [5.74, 6) is 1.56. The zero-order chi connectivity index (χ0) is 28.5. The van der Waals surface area contributed by atoms with Gasteiger partial charge in [-0.3, -0.25) is 9.79 Å². The number of anilines is 1. The van der Waals surface area contributed by atoms with Gasteiger partial charge in [0.15, 0.2) is 6.29 Å². The van der Waals surface area contributed by atoms with Gasteiger partial charge in [0.1, 0.15) is 11.3 Å². The van der Waals surface area contributed by atoms with Crippen LogP contribution in [0, 0.1) is 5.92 Å². The second kappa shape index (κ2) is 17.5. The number of aldehydes is 1. The molecular weight excluding hydrogens is 488 g/mol. The van der Waals surface area contributed by atoms with E-state index in [0.717, 1.165) is 36.2 Å². The molecule has 3 rings (SSSR count). The molecule has 1 aromatic carbocycles. The molecule has 1 aliphatic rings. The van der Waals surface area contributed by atoms with Crippen LogP contribution < -0.4 is 32.6 Å². The van der Waals surface area contributed by atoms with E-state index in [1.54, 1.807) is 26.2 Å². The number of urea groups is 1. The van der Waals surface area contributed by atoms with Crippen molar-refractivity contribution in [2.45, 2.75) is 26.8 Å². The fraction of sp³-hybridized carbons (Fsp3) is 0.462. The van der Waals surface area contributed by atoms with Crippen LogP contribution >= 0.6 is 0 Å². The number of hydrogen-bond acceptors (Lipinski definition) is 9. The summed E-state index contributed by atoms with van der Waals surface area (Å²) in [5, 5.41) is 5.70. The predicted octanol–water partition coefficient (Wildman–Crippen LogP) is 1.69. The minimum atomic E-state index is -0.159. The number of aryl methyl sites for hydroxylation is 1. The Labute approximate surface area is 224 Å². The molecule has 1 saturated heterocycles. The summed E-state index contributed by atoms with van der Waals surface area (Å²) in [7, 11) is 3.12. The van der Waals surface area contributed by atoms with Gasteiger partial charge < -0.3 is 41.9 Å². The lowest BCUT2D eigenvalue weighted by atomic mass is 10.1. The predicted molar refractivity (Wildman–Crippen MR) is 153 cm³/mol. The summed E-state index contributed by atoms with van der Waals surface area (Å²) in [6.45, 7) is 11.2. The molecule has 0 aliphatic carbocycles. The SMILES string of the molecule is C=Cc1cc(OC)c2c(c1)nc(N)n2CCCNC(=O)NCC1COC1.CCN=C(C=O)/C=C(/C)N.CN. The molecule has 1 aromatic heterocycles. The standard InChI is InChI=1S/C18H25N5O3.C7H12N2O.CH5N/c1-3-12-7-14-16(15(8-12)25-2)23(17(19)22-14)6-4-5-20-18(24)21-9-13-10-26-11-13;1-3-9-7(5-10)4-6(2)8;1-2/h3,7-8,13H,1,4-6,9-11H2,2H3,(H2,19,22)(H2,20,21,24);4-5H,3,8H2,1-2H3;2H2,1H3/b;6-4-,9-7?;. The number of nitrogens with one attached hydrogen (secondary N) is 2. The van der Waals surface area contributed by atoms with Gasteiger partial charge in [0.25, 0.3) is 0 Å². The van der Waals surface area contributed by atoms with Crippen LogP contribution in [0.25, 0.3) is 17.1 Å². The summed E-state index contributed by atoms with van der Waals surface area (Å²) in [4.78, 5) is 30.2. The maximum atomic E-state index is 11.8. The monoisotopic (exact) mass is 530 g/mol. The lowest BCUT2D eigenvalue weighted by Gasteiger charge is -2.25. The number of fused-ring (bicyclic) bond motifs is 1. The fourth-order valence-corrected chi connectivity index (χ4v) is 3.44. The van der Waals surface area contributed by atoms with E-state index in [0.29, 0.717) is 61.5 Å². The second-order valence-corrected chi connectivity index (χ2v) is 8.22. The van der Waals surface area contributed by atoms with Crippen molar-refractivity contribution in [3.05, 3.63) is 36.0 Å². The summed E-state index contributed by atoms with van der Waals surface area (Å²) in [6.07, 6.45) is 4.72. The molecule has 1 aliphatic heterocycles. The first kappa shape index (κ1) is 32.1. The number of rotatable bonds is 11. The van der Waals surface area contributed by atoms with Gasteiger partial charge in [-0.15, -0.1) is 0 Å². The van der Waals surface area contributed by atoms with Crippen molar-refractivity contribution in [3.63, 3.8) is 0 Å². The molecule has 1 fully saturated rings. The fourth-order valence-electron chi connectivity index (χ4n) is 3.44. The second-order valence-electron chi connectivity index (χ2n) is 8.22. The molecule has 2 aromatic rings. The topological polar surface area (TPSA) is 185 Å². The van der Waals surface area contributed by atoms with Crippen molar-refractivity contribution in [2.24, 2.45) is 22.4 Å². The molecule has 0 saturated carbocycles. The van der Waals surface area contributed by atoms with Gasteiger partial charge in [0, 0.05) is 37.8 Å². The Balaban J connectivity index is 0.000000510. The largest absolute Gasteiger partial charge is 0.494 e. The first-order valence-corrected chi connectivity index (χ1v) is 12.4. The number of carbonyl (C=O) groups is 2. The number of imidazole rings is 1. The van der Waals surface area contributed by atoms with E-state index in [-0.39, 0.29) is 6.03 Å². The smallest absolute Gasteiger partial charge is 0.314 e. The molecule has 210 valence electrons. The van der Waals surface area contributed by atoms with Gasteiger partial charge >= 0.3 is 6.03 Å². The zero-order valence-corrected chi connectivity index (χ0v) is 22.8. The molecule has 12 nitrogen and oxygen atoms in total. The number of allylic oxidation sites excluding steroid dienone is 2. The number of ether oxygens (including phenoxy) is 2. The first-order chi connectivity index (χ1) is 18.3. The molecule has 0 bridgehead atoms. The number of aliphatic imine (C=N–C) groups is 1. The van der Waals surface area contributed by atoms with Gasteiger partial charge in [-0.1, -0.05) is 12.7 Å². The number of methoxy groups -OCH3 is 1. The summed E-state index contributed by atoms with van der Waals surface area (Å²) < 4.78 is 12.5. The molecule has 8 N–H and O–H groups in total. The van der Waals surface area contributed by atoms with Crippen molar-refractivity contribution in [1.82, 2.24) is 20.2 Å². The highest BCUT2D eigenvalue weighted by Crippen LogP contribution is 2.30. The molecule has 0 atom stereocenters. The molecule has 2 amide bonds. The molecule has 0 unspecified atom stereocenters. The summed E-state index contributed by atoms with van der Waals surface area (Å²) >= 11 is 0. The zero-order valence-electron chi connectivity index (χ0n) is 22.8. The lowest BCUT2D eigenvalue weighted by Crippen LogP contribution is -2.43. The van der Waals surface area contributed by atoms with E-state index in [4.69, 9.17) is 20.9 Å². The van der Waals surface area contributed by atoms with Gasteiger partial charge in [-0.05, 0) is 51.1 Å². The summed E-state index contributed by atoms with van der Waals surface area (Å²) in [6, 6.07) is 3.67. The van der Waals surface area contributed by atoms with Crippen LogP contribution in [-0.2, 0) is 16.1 Å². The van der Waals surface area contributed by atoms with Crippen LogP contribution in [-0.4, -0.2) is 74.6 Å². The Morgan fingerprint density at radius 1 is 1.34 bits per heavy atom. The number of nitrogens with two attached hydrogens (primary N) is 3. The highest BCUT2D eigenvalue weighted by atomic mass is 16.5. The van der Waals surface area contributed by atoms with Crippen molar-refractivity contribution in [3.8, 4) is 5.75 Å². The third kappa shape index (κ3) is 10.2. The molecule has 2 heterocycles. The Morgan fingerprint density at radius 2 is 2.05 bits per heavy atom. The van der Waals surface area contributed by atoms with Crippen LogP contribution in [0.3, 0.4) is 0 Å². The molecular formula is C26H42N8O4. The molecule has 38 heavy (non-hydrogen) atoms. The minimum absolute atomic E-state index is 0.159. The van der Waals surface area contributed by atoms with E-state index in [1.807, 2.05) is 23.6 Å². The molecule has 12 heteroatoms. The average molecular weight is 531 g/mol. The highest BCUT2D eigenvalue weighted by molar-refractivity contribution is 6.33. The van der Waals surface area contributed by atoms with Crippen LogP contribution in [0.1, 0.15) is 25.8 Å². The minimum Gasteiger partial charge on any atom is -0.494 e. The maximum absolute atomic E-state index is 11.8. The van der Waals surface area contributed by atoms with Crippen LogP contribution in [0.2, 0.25) is 0 Å². The maximum Gasteiger partial charge on any atom is 0.314 e. The Kier molecular flexibility index (Phi) is 14.8. The number of hydrogen-bond donors (Lipinski definition) is 5. The number of nitrogen functional groups attached to an aromatic ring is 1. The first-order valence-electron chi connectivity index (χ1n) is 12.4. The van der Waals surface area contributed by atoms with Crippen molar-refractivity contribution >= 4 is 41.1 Å². The van der Waals surface area contributed by atoms with Crippen LogP contribution in [0.4, 0.5) is 10.7 Å². The van der Waals surface area contributed by atoms with E-state index in [9.17, 15) is 9.59 Å². The lowest BCUT2D eigenvalue weighted by molar-refractivity contribution is -0.102. The number of aromatic nitrogens is 2. The van der Waals surface area contributed by atoms with E-state index >= 15 is 0 Å². The molecule has 0 spiro atoms. The van der Waals surface area contributed by atoms with Crippen LogP contribution in [0.15, 0.2) is 35.5 Å². The van der Waals surface area contributed by atoms with Crippen molar-refractivity contribution in [1.29, 1.82) is 0 Å². The number of carbonyl (C=O) groups excluding carboxylic acids is 2. The third-order valence-corrected chi connectivity index (χ3v) is 5.25. The Bertz CT molecular complexity index is 1100. The van der Waals surface area contributed by atoms with Gasteiger partial charge in [-0.25, -0.2) is 9.78 Å². The average Bonchev–Trinajstić information content (AvgIpc) is 3.20. The normalized spacial score (nSPS) is 13.3. The van der Waals surface area contributed by atoms with Crippen molar-refractivity contribution in [2.75, 3.05) is 52.7 Å².